The average molecular weight is 141 g/mol. The quantitative estimate of drug-likeness (QED) is 0.654. The molecule has 0 aliphatic rings. The van der Waals surface area contributed by atoms with Crippen molar-refractivity contribution in [2.45, 2.75) is 6.42 Å². The zero-order valence-electron chi connectivity index (χ0n) is 4.82. The van der Waals surface area contributed by atoms with Crippen LogP contribution in [-0.4, -0.2) is 9.59 Å². The molecule has 0 aliphatic carbocycles. The van der Waals surface area contributed by atoms with Crippen molar-refractivity contribution in [3.63, 3.8) is 0 Å². The summed E-state index contributed by atoms with van der Waals surface area (Å²) in [5.74, 6) is 0. The molecule has 0 spiro atoms. The lowest BCUT2D eigenvalue weighted by Gasteiger charge is -1.80. The molecule has 1 rings (SSSR count). The fraction of sp³-hybridized carbons (Fsp3) is 0.200. The van der Waals surface area contributed by atoms with Crippen LogP contribution in [0.1, 0.15) is 5.69 Å². The van der Waals surface area contributed by atoms with Gasteiger partial charge in [-0.05, 0) is 17.7 Å². The van der Waals surface area contributed by atoms with Gasteiger partial charge in [-0.25, -0.2) is 0 Å². The molecule has 4 heteroatoms. The van der Waals surface area contributed by atoms with E-state index in [1.54, 1.807) is 0 Å². The van der Waals surface area contributed by atoms with Gasteiger partial charge in [0.05, 0.1) is 5.69 Å². The molecule has 0 saturated heterocycles. The molecule has 9 heavy (non-hydrogen) atoms. The maximum absolute atomic E-state index is 5.12. The van der Waals surface area contributed by atoms with Gasteiger partial charge in [0.15, 0.2) is 0 Å². The Labute approximate surface area is 57.4 Å². The van der Waals surface area contributed by atoms with E-state index in [4.69, 9.17) is 5.73 Å². The van der Waals surface area contributed by atoms with Gasteiger partial charge in [0.1, 0.15) is 0 Å². The standard InChI is InChI=1S/C5H7N3S/c6-3-1-2-5-4-9-8-7-5/h1,3-4H,2,6H2. The van der Waals surface area contributed by atoms with Crippen LogP contribution in [0.2, 0.25) is 0 Å². The van der Waals surface area contributed by atoms with Gasteiger partial charge in [0, 0.05) is 11.8 Å². The minimum Gasteiger partial charge on any atom is -0.405 e. The normalized spacial score (nSPS) is 10.7. The molecule has 1 aromatic heterocycles. The van der Waals surface area contributed by atoms with Crippen molar-refractivity contribution < 1.29 is 0 Å². The monoisotopic (exact) mass is 141 g/mol. The van der Waals surface area contributed by atoms with Crippen LogP contribution in [0.3, 0.4) is 0 Å². The summed E-state index contributed by atoms with van der Waals surface area (Å²) >= 11 is 1.35. The lowest BCUT2D eigenvalue weighted by molar-refractivity contribution is 1.04. The summed E-state index contributed by atoms with van der Waals surface area (Å²) in [5.41, 5.74) is 6.09. The van der Waals surface area contributed by atoms with Crippen molar-refractivity contribution in [1.29, 1.82) is 0 Å². The summed E-state index contributed by atoms with van der Waals surface area (Å²) in [4.78, 5) is 0. The number of aromatic nitrogens is 2. The zero-order valence-corrected chi connectivity index (χ0v) is 5.64. The summed E-state index contributed by atoms with van der Waals surface area (Å²) in [6.07, 6.45) is 4.14. The fourth-order valence-electron chi connectivity index (χ4n) is 0.462. The predicted octanol–water partition coefficient (Wildman–Crippen LogP) is 0.553. The zero-order chi connectivity index (χ0) is 6.53. The van der Waals surface area contributed by atoms with Crippen molar-refractivity contribution in [2.75, 3.05) is 0 Å². The highest BCUT2D eigenvalue weighted by atomic mass is 32.1. The van der Waals surface area contributed by atoms with Crippen molar-refractivity contribution in [3.05, 3.63) is 23.3 Å². The highest BCUT2D eigenvalue weighted by Gasteiger charge is 1.89. The molecule has 0 aliphatic heterocycles. The Morgan fingerprint density at radius 1 is 1.78 bits per heavy atom. The number of hydrogen-bond donors (Lipinski definition) is 1. The number of nitrogens with zero attached hydrogens (tertiary/aromatic N) is 2. The Morgan fingerprint density at radius 3 is 3.22 bits per heavy atom. The van der Waals surface area contributed by atoms with E-state index in [0.29, 0.717) is 0 Å². The molecule has 0 saturated carbocycles. The van der Waals surface area contributed by atoms with E-state index >= 15 is 0 Å². The van der Waals surface area contributed by atoms with E-state index in [9.17, 15) is 0 Å². The van der Waals surface area contributed by atoms with E-state index < -0.39 is 0 Å². The molecule has 3 nitrogen and oxygen atoms in total. The maximum Gasteiger partial charge on any atom is 0.0793 e. The minimum absolute atomic E-state index is 0.785. The largest absolute Gasteiger partial charge is 0.405 e. The molecule has 1 aromatic rings. The van der Waals surface area contributed by atoms with Crippen LogP contribution in [-0.2, 0) is 6.42 Å². The van der Waals surface area contributed by atoms with Gasteiger partial charge in [-0.1, -0.05) is 10.6 Å². The van der Waals surface area contributed by atoms with E-state index in [1.807, 2.05) is 11.5 Å². The third kappa shape index (κ3) is 1.81. The maximum atomic E-state index is 5.12. The summed E-state index contributed by atoms with van der Waals surface area (Å²) in [6.45, 7) is 0. The van der Waals surface area contributed by atoms with E-state index in [0.717, 1.165) is 12.1 Å². The van der Waals surface area contributed by atoms with Crippen molar-refractivity contribution in [3.8, 4) is 0 Å². The van der Waals surface area contributed by atoms with Crippen LogP contribution in [0.15, 0.2) is 17.7 Å². The summed E-state index contributed by atoms with van der Waals surface area (Å²) in [7, 11) is 0. The fourth-order valence-corrected chi connectivity index (χ4v) is 0.926. The molecular formula is C5H7N3S. The van der Waals surface area contributed by atoms with E-state index in [-0.39, 0.29) is 0 Å². The average Bonchev–Trinajstić information content (AvgIpc) is 2.34. The Morgan fingerprint density at radius 2 is 2.67 bits per heavy atom. The highest BCUT2D eigenvalue weighted by Crippen LogP contribution is 1.97. The van der Waals surface area contributed by atoms with Crippen LogP contribution >= 0.6 is 11.5 Å². The van der Waals surface area contributed by atoms with Gasteiger partial charge in [-0.2, -0.15) is 0 Å². The lowest BCUT2D eigenvalue weighted by atomic mass is 10.3. The highest BCUT2D eigenvalue weighted by molar-refractivity contribution is 7.03. The third-order valence-electron chi connectivity index (χ3n) is 0.868. The Balaban J connectivity index is 2.48. The van der Waals surface area contributed by atoms with Crippen molar-refractivity contribution >= 4 is 11.5 Å². The van der Waals surface area contributed by atoms with Crippen LogP contribution in [0.25, 0.3) is 0 Å². The topological polar surface area (TPSA) is 51.8 Å². The molecule has 0 radical (unpaired) electrons. The van der Waals surface area contributed by atoms with Gasteiger partial charge >= 0.3 is 0 Å². The van der Waals surface area contributed by atoms with Crippen LogP contribution in [0.4, 0.5) is 0 Å². The molecule has 2 N–H and O–H groups in total. The smallest absolute Gasteiger partial charge is 0.0793 e. The molecular weight excluding hydrogens is 134 g/mol. The third-order valence-corrected chi connectivity index (χ3v) is 1.42. The molecule has 0 unspecified atom stereocenters. The molecule has 0 fully saturated rings. The second-order valence-corrected chi connectivity index (χ2v) is 2.14. The second kappa shape index (κ2) is 3.19. The SMILES string of the molecule is NC=CCc1csnn1. The first-order chi connectivity index (χ1) is 4.43. The van der Waals surface area contributed by atoms with Crippen LogP contribution < -0.4 is 5.73 Å². The van der Waals surface area contributed by atoms with Crippen molar-refractivity contribution in [2.24, 2.45) is 5.73 Å². The van der Waals surface area contributed by atoms with Gasteiger partial charge in [-0.15, -0.1) is 5.10 Å². The van der Waals surface area contributed by atoms with Gasteiger partial charge in [0.25, 0.3) is 0 Å². The van der Waals surface area contributed by atoms with Gasteiger partial charge < -0.3 is 5.73 Å². The molecule has 1 heterocycles. The van der Waals surface area contributed by atoms with E-state index in [2.05, 4.69) is 9.59 Å². The molecule has 0 bridgehead atoms. The second-order valence-electron chi connectivity index (χ2n) is 1.53. The number of allylic oxidation sites excluding steroid dienone is 1. The Bertz CT molecular complexity index is 180. The lowest BCUT2D eigenvalue weighted by Crippen LogP contribution is -1.82. The first-order valence-electron chi connectivity index (χ1n) is 2.56. The predicted molar refractivity (Wildman–Crippen MR) is 36.9 cm³/mol. The van der Waals surface area contributed by atoms with Crippen molar-refractivity contribution in [1.82, 2.24) is 9.59 Å². The molecule has 0 amide bonds. The molecule has 0 atom stereocenters. The summed E-state index contributed by atoms with van der Waals surface area (Å²) < 4.78 is 3.69. The molecule has 48 valence electrons. The number of rotatable bonds is 2. The van der Waals surface area contributed by atoms with Gasteiger partial charge in [0.2, 0.25) is 0 Å². The Kier molecular flexibility index (Phi) is 2.21. The van der Waals surface area contributed by atoms with E-state index in [1.165, 1.54) is 17.7 Å². The number of hydrogen-bond acceptors (Lipinski definition) is 4. The first kappa shape index (κ1) is 6.22. The first-order valence-corrected chi connectivity index (χ1v) is 3.40. The number of nitrogens with two attached hydrogens (primary N) is 1. The minimum atomic E-state index is 0.785. The van der Waals surface area contributed by atoms with Crippen LogP contribution in [0, 0.1) is 0 Å². The molecule has 0 aromatic carbocycles. The summed E-state index contributed by atoms with van der Waals surface area (Å²) in [6, 6.07) is 0. The Hall–Kier alpha value is -0.900. The summed E-state index contributed by atoms with van der Waals surface area (Å²) in [5, 5.41) is 5.72. The van der Waals surface area contributed by atoms with Gasteiger partial charge in [-0.3, -0.25) is 0 Å². The van der Waals surface area contributed by atoms with Crippen LogP contribution in [0.5, 0.6) is 0 Å².